The van der Waals surface area contributed by atoms with Crippen LogP contribution in [0.25, 0.3) is 0 Å². The van der Waals surface area contributed by atoms with Crippen LogP contribution in [0.5, 0.6) is 11.5 Å². The van der Waals surface area contributed by atoms with E-state index in [1.807, 2.05) is 0 Å². The van der Waals surface area contributed by atoms with E-state index in [4.69, 9.17) is 14.2 Å². The molecule has 6 nitrogen and oxygen atoms in total. The predicted molar refractivity (Wildman–Crippen MR) is 91.9 cm³/mol. The van der Waals surface area contributed by atoms with Gasteiger partial charge in [0.15, 0.2) is 17.6 Å². The first-order valence-corrected chi connectivity index (χ1v) is 9.02. The monoisotopic (exact) mass is 347 g/mol. The number of hydrogen-bond acceptors (Lipinski definition) is 5. The van der Waals surface area contributed by atoms with E-state index in [9.17, 15) is 9.59 Å². The largest absolute Gasteiger partial charge is 0.486 e. The van der Waals surface area contributed by atoms with Crippen LogP contribution in [0, 0.1) is 5.92 Å². The van der Waals surface area contributed by atoms with Crippen molar-refractivity contribution in [3.8, 4) is 11.5 Å². The third-order valence-corrected chi connectivity index (χ3v) is 4.72. The third kappa shape index (κ3) is 4.65. The summed E-state index contributed by atoms with van der Waals surface area (Å²) in [5.41, 5.74) is 0.344. The molecule has 3 rings (SSSR count). The van der Waals surface area contributed by atoms with Crippen LogP contribution in [0.3, 0.4) is 0 Å². The Morgan fingerprint density at radius 2 is 1.88 bits per heavy atom. The highest BCUT2D eigenvalue weighted by atomic mass is 16.6. The molecule has 1 aromatic rings. The van der Waals surface area contributed by atoms with Crippen molar-refractivity contribution in [3.05, 3.63) is 23.8 Å². The first-order valence-electron chi connectivity index (χ1n) is 9.02. The third-order valence-electron chi connectivity index (χ3n) is 4.72. The van der Waals surface area contributed by atoms with Crippen molar-refractivity contribution >= 4 is 11.9 Å². The summed E-state index contributed by atoms with van der Waals surface area (Å²) >= 11 is 0. The van der Waals surface area contributed by atoms with Gasteiger partial charge in [-0.25, -0.2) is 4.79 Å². The number of ether oxygens (including phenoxy) is 3. The van der Waals surface area contributed by atoms with Crippen molar-refractivity contribution in [2.24, 2.45) is 5.92 Å². The van der Waals surface area contributed by atoms with E-state index in [-0.39, 0.29) is 5.91 Å². The summed E-state index contributed by atoms with van der Waals surface area (Å²) in [6.45, 7) is 3.19. The molecular formula is C19H25NO5. The Morgan fingerprint density at radius 1 is 1.16 bits per heavy atom. The highest BCUT2D eigenvalue weighted by Gasteiger charge is 2.22. The van der Waals surface area contributed by atoms with Crippen LogP contribution in [0.4, 0.5) is 0 Å². The first-order chi connectivity index (χ1) is 12.1. The summed E-state index contributed by atoms with van der Waals surface area (Å²) in [7, 11) is 0. The smallest absolute Gasteiger partial charge is 0.339 e. The Hall–Kier alpha value is -2.24. The van der Waals surface area contributed by atoms with E-state index < -0.39 is 12.1 Å². The Labute approximate surface area is 147 Å². The predicted octanol–water partition coefficient (Wildman–Crippen LogP) is 2.70. The van der Waals surface area contributed by atoms with Crippen molar-refractivity contribution in [3.63, 3.8) is 0 Å². The minimum Gasteiger partial charge on any atom is -0.486 e. The van der Waals surface area contributed by atoms with E-state index in [1.165, 1.54) is 19.3 Å². The lowest BCUT2D eigenvalue weighted by molar-refractivity contribution is -0.129. The molecule has 0 radical (unpaired) electrons. The number of rotatable bonds is 5. The molecule has 1 aromatic carbocycles. The average molecular weight is 347 g/mol. The molecule has 1 amide bonds. The molecule has 6 heteroatoms. The molecule has 1 heterocycles. The second kappa shape index (κ2) is 8.23. The van der Waals surface area contributed by atoms with E-state index in [2.05, 4.69) is 5.32 Å². The normalized spacial score (nSPS) is 18.3. The first kappa shape index (κ1) is 17.6. The van der Waals surface area contributed by atoms with Gasteiger partial charge in [-0.1, -0.05) is 19.3 Å². The molecule has 0 aromatic heterocycles. The number of amides is 1. The molecular weight excluding hydrogens is 322 g/mol. The molecule has 25 heavy (non-hydrogen) atoms. The average Bonchev–Trinajstić information content (AvgIpc) is 2.66. The molecule has 1 N–H and O–H groups in total. The van der Waals surface area contributed by atoms with Crippen molar-refractivity contribution in [2.45, 2.75) is 45.1 Å². The molecule has 1 fully saturated rings. The van der Waals surface area contributed by atoms with Crippen molar-refractivity contribution in [2.75, 3.05) is 19.8 Å². The molecule has 1 aliphatic heterocycles. The molecule has 0 bridgehead atoms. The minimum absolute atomic E-state index is 0.253. The van der Waals surface area contributed by atoms with Crippen LogP contribution >= 0.6 is 0 Å². The zero-order chi connectivity index (χ0) is 17.6. The number of carbonyl (C=O) groups is 2. The highest BCUT2D eigenvalue weighted by Crippen LogP contribution is 2.31. The maximum atomic E-state index is 12.3. The summed E-state index contributed by atoms with van der Waals surface area (Å²) in [5.74, 6) is 0.878. The fourth-order valence-corrected chi connectivity index (χ4v) is 3.23. The molecule has 1 unspecified atom stereocenters. The molecule has 1 aliphatic carbocycles. The summed E-state index contributed by atoms with van der Waals surface area (Å²) < 4.78 is 16.2. The number of esters is 1. The van der Waals surface area contributed by atoms with Crippen LogP contribution in [0.15, 0.2) is 18.2 Å². The molecule has 1 saturated carbocycles. The van der Waals surface area contributed by atoms with Gasteiger partial charge in [0, 0.05) is 6.54 Å². The zero-order valence-electron chi connectivity index (χ0n) is 14.6. The van der Waals surface area contributed by atoms with Crippen molar-refractivity contribution in [1.82, 2.24) is 5.32 Å². The summed E-state index contributed by atoms with van der Waals surface area (Å²) in [5, 5.41) is 2.90. The molecule has 136 valence electrons. The number of carbonyl (C=O) groups excluding carboxylic acids is 2. The zero-order valence-corrected chi connectivity index (χ0v) is 14.6. The van der Waals surface area contributed by atoms with Gasteiger partial charge < -0.3 is 19.5 Å². The molecule has 0 spiro atoms. The van der Waals surface area contributed by atoms with Gasteiger partial charge in [-0.3, -0.25) is 4.79 Å². The SMILES string of the molecule is CC(OC(=O)c1ccc2c(c1)OCCO2)C(=O)NCC1CCCCC1. The van der Waals surface area contributed by atoms with E-state index in [0.717, 1.165) is 12.8 Å². The van der Waals surface area contributed by atoms with Gasteiger partial charge in [-0.05, 0) is 43.9 Å². The number of benzene rings is 1. The number of hydrogen-bond donors (Lipinski definition) is 1. The van der Waals surface area contributed by atoms with Gasteiger partial charge in [0.25, 0.3) is 5.91 Å². The lowest BCUT2D eigenvalue weighted by Crippen LogP contribution is -2.38. The lowest BCUT2D eigenvalue weighted by atomic mass is 9.89. The van der Waals surface area contributed by atoms with Gasteiger partial charge in [0.1, 0.15) is 13.2 Å². The van der Waals surface area contributed by atoms with Gasteiger partial charge in [0.2, 0.25) is 0 Å². The maximum absolute atomic E-state index is 12.3. The van der Waals surface area contributed by atoms with Crippen LogP contribution < -0.4 is 14.8 Å². The van der Waals surface area contributed by atoms with Crippen LogP contribution in [-0.4, -0.2) is 37.7 Å². The summed E-state index contributed by atoms with van der Waals surface area (Å²) in [6.07, 6.45) is 5.24. The van der Waals surface area contributed by atoms with Gasteiger partial charge in [0.05, 0.1) is 5.56 Å². The Balaban J connectivity index is 1.50. The quantitative estimate of drug-likeness (QED) is 0.829. The molecule has 2 aliphatic rings. The standard InChI is InChI=1S/C19H25NO5/c1-13(18(21)20-12-14-5-3-2-4-6-14)25-19(22)15-7-8-16-17(11-15)24-10-9-23-16/h7-8,11,13-14H,2-6,9-10,12H2,1H3,(H,20,21). The van der Waals surface area contributed by atoms with Crippen molar-refractivity contribution in [1.29, 1.82) is 0 Å². The Bertz CT molecular complexity index is 624. The van der Waals surface area contributed by atoms with Gasteiger partial charge in [-0.2, -0.15) is 0 Å². The fraction of sp³-hybridized carbons (Fsp3) is 0.579. The second-order valence-corrected chi connectivity index (χ2v) is 6.66. The van der Waals surface area contributed by atoms with E-state index in [0.29, 0.717) is 42.7 Å². The second-order valence-electron chi connectivity index (χ2n) is 6.66. The van der Waals surface area contributed by atoms with Gasteiger partial charge in [-0.15, -0.1) is 0 Å². The minimum atomic E-state index is -0.829. The van der Waals surface area contributed by atoms with E-state index >= 15 is 0 Å². The number of nitrogens with one attached hydrogen (secondary N) is 1. The fourth-order valence-electron chi connectivity index (χ4n) is 3.23. The topological polar surface area (TPSA) is 73.9 Å². The maximum Gasteiger partial charge on any atom is 0.339 e. The number of fused-ring (bicyclic) bond motifs is 1. The molecule has 0 saturated heterocycles. The summed E-state index contributed by atoms with van der Waals surface area (Å²) in [4.78, 5) is 24.4. The van der Waals surface area contributed by atoms with Gasteiger partial charge >= 0.3 is 5.97 Å². The molecule has 1 atom stereocenters. The van der Waals surface area contributed by atoms with E-state index in [1.54, 1.807) is 25.1 Å². The Kier molecular flexibility index (Phi) is 5.79. The Morgan fingerprint density at radius 3 is 2.64 bits per heavy atom. The van der Waals surface area contributed by atoms with Crippen LogP contribution in [0.1, 0.15) is 49.4 Å². The highest BCUT2D eigenvalue weighted by molar-refractivity contribution is 5.92. The van der Waals surface area contributed by atoms with Crippen LogP contribution in [-0.2, 0) is 9.53 Å². The lowest BCUT2D eigenvalue weighted by Gasteiger charge is -2.22. The summed E-state index contributed by atoms with van der Waals surface area (Å²) in [6, 6.07) is 4.88. The van der Waals surface area contributed by atoms with Crippen molar-refractivity contribution < 1.29 is 23.8 Å². The van der Waals surface area contributed by atoms with Crippen LogP contribution in [0.2, 0.25) is 0 Å².